The topological polar surface area (TPSA) is 77.6 Å². The van der Waals surface area contributed by atoms with Gasteiger partial charge in [-0.15, -0.1) is 0 Å². The molecule has 0 radical (unpaired) electrons. The van der Waals surface area contributed by atoms with Crippen LogP contribution < -0.4 is 15.2 Å². The summed E-state index contributed by atoms with van der Waals surface area (Å²) in [7, 11) is 1.53. The molecule has 0 spiro atoms. The smallest absolute Gasteiger partial charge is 0.246 e. The number of methoxy groups -OCH3 is 1. The Morgan fingerprint density at radius 1 is 1.17 bits per heavy atom. The van der Waals surface area contributed by atoms with Gasteiger partial charge in [0.05, 0.1) is 19.4 Å². The van der Waals surface area contributed by atoms with Crippen LogP contribution in [0.15, 0.2) is 36.4 Å². The molecule has 0 saturated carbocycles. The second-order valence-corrected chi connectivity index (χ2v) is 3.65. The van der Waals surface area contributed by atoms with E-state index in [-0.39, 0.29) is 6.61 Å². The second kappa shape index (κ2) is 5.37. The Balaban J connectivity index is 2.21. The van der Waals surface area contributed by atoms with E-state index in [2.05, 4.69) is 4.98 Å². The molecular formula is C13H14N2O3. The van der Waals surface area contributed by atoms with Gasteiger partial charge in [0, 0.05) is 6.07 Å². The highest BCUT2D eigenvalue weighted by Gasteiger charge is 2.06. The maximum Gasteiger partial charge on any atom is 0.246 e. The van der Waals surface area contributed by atoms with Crippen molar-refractivity contribution in [3.8, 4) is 17.5 Å². The third-order valence-corrected chi connectivity index (χ3v) is 2.39. The van der Waals surface area contributed by atoms with Crippen molar-refractivity contribution in [2.75, 3.05) is 12.8 Å². The maximum atomic E-state index is 8.94. The normalized spacial score (nSPS) is 10.1. The molecule has 0 saturated heterocycles. The highest BCUT2D eigenvalue weighted by molar-refractivity contribution is 5.51. The van der Waals surface area contributed by atoms with Gasteiger partial charge in [0.15, 0.2) is 0 Å². The lowest BCUT2D eigenvalue weighted by Gasteiger charge is -2.09. The summed E-state index contributed by atoms with van der Waals surface area (Å²) in [5.41, 5.74) is 7.01. The molecule has 18 heavy (non-hydrogen) atoms. The quantitative estimate of drug-likeness (QED) is 0.862. The van der Waals surface area contributed by atoms with E-state index in [0.717, 1.165) is 5.56 Å². The van der Waals surface area contributed by atoms with Crippen molar-refractivity contribution in [3.05, 3.63) is 42.0 Å². The van der Waals surface area contributed by atoms with E-state index in [9.17, 15) is 0 Å². The largest absolute Gasteiger partial charge is 0.481 e. The second-order valence-electron chi connectivity index (χ2n) is 3.65. The van der Waals surface area contributed by atoms with Crippen LogP contribution in [-0.2, 0) is 6.61 Å². The number of aliphatic hydroxyl groups excluding tert-OH is 1. The summed E-state index contributed by atoms with van der Waals surface area (Å²) >= 11 is 0. The number of nitrogens with zero attached hydrogens (tertiary/aromatic N) is 1. The first kappa shape index (κ1) is 12.2. The van der Waals surface area contributed by atoms with Gasteiger partial charge in [0.25, 0.3) is 0 Å². The highest BCUT2D eigenvalue weighted by Crippen LogP contribution is 2.27. The zero-order valence-corrected chi connectivity index (χ0v) is 9.96. The maximum absolute atomic E-state index is 8.94. The molecule has 0 amide bonds. The third kappa shape index (κ3) is 2.70. The number of pyridine rings is 1. The molecule has 1 aromatic carbocycles. The van der Waals surface area contributed by atoms with Crippen molar-refractivity contribution in [1.82, 2.24) is 4.98 Å². The number of ether oxygens (including phenoxy) is 2. The minimum absolute atomic E-state index is 0.000170. The number of hydrogen-bond donors (Lipinski definition) is 2. The van der Waals surface area contributed by atoms with Crippen molar-refractivity contribution in [3.63, 3.8) is 0 Å². The first-order valence-electron chi connectivity index (χ1n) is 5.41. The molecule has 1 aromatic heterocycles. The predicted octanol–water partition coefficient (Wildman–Crippen LogP) is 1.96. The van der Waals surface area contributed by atoms with Crippen LogP contribution in [0.25, 0.3) is 0 Å². The molecule has 0 atom stereocenters. The van der Waals surface area contributed by atoms with Gasteiger partial charge in [0.2, 0.25) is 11.8 Å². The first-order valence-corrected chi connectivity index (χ1v) is 5.41. The number of anilines is 1. The molecule has 2 rings (SSSR count). The Morgan fingerprint density at radius 2 is 1.89 bits per heavy atom. The SMILES string of the molecule is COc1ccc(N)c(Oc2ccc(CO)cc2)n1. The van der Waals surface area contributed by atoms with E-state index >= 15 is 0 Å². The molecule has 1 heterocycles. The summed E-state index contributed by atoms with van der Waals surface area (Å²) in [6.45, 7) is -0.000170. The third-order valence-electron chi connectivity index (χ3n) is 2.39. The van der Waals surface area contributed by atoms with E-state index in [0.29, 0.717) is 23.2 Å². The molecule has 0 aliphatic rings. The van der Waals surface area contributed by atoms with E-state index in [1.54, 1.807) is 36.4 Å². The monoisotopic (exact) mass is 246 g/mol. The summed E-state index contributed by atoms with van der Waals surface area (Å²) in [4.78, 5) is 4.11. The Labute approximate surface area is 105 Å². The molecule has 0 bridgehead atoms. The number of benzene rings is 1. The van der Waals surface area contributed by atoms with Crippen molar-refractivity contribution in [1.29, 1.82) is 0 Å². The number of hydrogen-bond acceptors (Lipinski definition) is 5. The van der Waals surface area contributed by atoms with Crippen molar-refractivity contribution < 1.29 is 14.6 Å². The number of aliphatic hydroxyl groups is 1. The van der Waals surface area contributed by atoms with Crippen LogP contribution in [0, 0.1) is 0 Å². The van der Waals surface area contributed by atoms with Crippen LogP contribution in [0.2, 0.25) is 0 Å². The van der Waals surface area contributed by atoms with Gasteiger partial charge < -0.3 is 20.3 Å². The number of rotatable bonds is 4. The lowest BCUT2D eigenvalue weighted by atomic mass is 10.2. The van der Waals surface area contributed by atoms with Gasteiger partial charge >= 0.3 is 0 Å². The Hall–Kier alpha value is -2.27. The lowest BCUT2D eigenvalue weighted by molar-refractivity contribution is 0.281. The summed E-state index contributed by atoms with van der Waals surface area (Å²) in [6.07, 6.45) is 0. The Kier molecular flexibility index (Phi) is 3.64. The zero-order chi connectivity index (χ0) is 13.0. The van der Waals surface area contributed by atoms with Crippen LogP contribution in [0.4, 0.5) is 5.69 Å². The van der Waals surface area contributed by atoms with Gasteiger partial charge in [-0.25, -0.2) is 0 Å². The molecular weight excluding hydrogens is 232 g/mol. The fraction of sp³-hybridized carbons (Fsp3) is 0.154. The Bertz CT molecular complexity index is 526. The van der Waals surface area contributed by atoms with Gasteiger partial charge in [-0.05, 0) is 23.8 Å². The number of nitrogens with two attached hydrogens (primary N) is 1. The average Bonchev–Trinajstić information content (AvgIpc) is 2.42. The molecule has 5 nitrogen and oxygen atoms in total. The standard InChI is InChI=1S/C13H14N2O3/c1-17-12-7-6-11(14)13(15-12)18-10-4-2-9(8-16)3-5-10/h2-7,16H,8,14H2,1H3. The number of nitrogen functional groups attached to an aromatic ring is 1. The molecule has 5 heteroatoms. The first-order chi connectivity index (χ1) is 8.72. The average molecular weight is 246 g/mol. The van der Waals surface area contributed by atoms with Crippen LogP contribution in [-0.4, -0.2) is 17.2 Å². The van der Waals surface area contributed by atoms with Crippen LogP contribution in [0.3, 0.4) is 0 Å². The van der Waals surface area contributed by atoms with Crippen LogP contribution in [0.5, 0.6) is 17.5 Å². The predicted molar refractivity (Wildman–Crippen MR) is 67.6 cm³/mol. The van der Waals surface area contributed by atoms with Crippen LogP contribution >= 0.6 is 0 Å². The fourth-order valence-corrected chi connectivity index (χ4v) is 1.40. The highest BCUT2D eigenvalue weighted by atomic mass is 16.5. The lowest BCUT2D eigenvalue weighted by Crippen LogP contribution is -1.97. The Morgan fingerprint density at radius 3 is 2.50 bits per heavy atom. The van der Waals surface area contributed by atoms with E-state index in [1.165, 1.54) is 7.11 Å². The summed E-state index contributed by atoms with van der Waals surface area (Å²) < 4.78 is 10.6. The summed E-state index contributed by atoms with van der Waals surface area (Å²) in [6, 6.07) is 10.4. The molecule has 0 aliphatic carbocycles. The fourth-order valence-electron chi connectivity index (χ4n) is 1.40. The molecule has 3 N–H and O–H groups in total. The van der Waals surface area contributed by atoms with Crippen LogP contribution in [0.1, 0.15) is 5.56 Å². The van der Waals surface area contributed by atoms with Crippen molar-refractivity contribution >= 4 is 5.69 Å². The molecule has 0 fully saturated rings. The van der Waals surface area contributed by atoms with Crippen molar-refractivity contribution in [2.45, 2.75) is 6.61 Å². The molecule has 0 unspecified atom stereocenters. The summed E-state index contributed by atoms with van der Waals surface area (Å²) in [5, 5.41) is 8.94. The van der Waals surface area contributed by atoms with E-state index < -0.39 is 0 Å². The number of aromatic nitrogens is 1. The van der Waals surface area contributed by atoms with Crippen molar-refractivity contribution in [2.24, 2.45) is 0 Å². The molecule has 0 aliphatic heterocycles. The molecule has 2 aromatic rings. The van der Waals surface area contributed by atoms with E-state index in [4.69, 9.17) is 20.3 Å². The van der Waals surface area contributed by atoms with Gasteiger partial charge in [-0.3, -0.25) is 0 Å². The summed E-state index contributed by atoms with van der Waals surface area (Å²) in [5.74, 6) is 1.33. The minimum Gasteiger partial charge on any atom is -0.481 e. The van der Waals surface area contributed by atoms with Gasteiger partial charge in [-0.2, -0.15) is 4.98 Å². The minimum atomic E-state index is -0.000170. The molecule has 94 valence electrons. The van der Waals surface area contributed by atoms with Gasteiger partial charge in [-0.1, -0.05) is 12.1 Å². The zero-order valence-electron chi connectivity index (χ0n) is 9.96. The van der Waals surface area contributed by atoms with E-state index in [1.807, 2.05) is 0 Å². The van der Waals surface area contributed by atoms with Gasteiger partial charge in [0.1, 0.15) is 5.75 Å².